The maximum Gasteiger partial charge on any atom is 0.311 e. The highest BCUT2D eigenvalue weighted by Gasteiger charge is 2.37. The molecule has 0 radical (unpaired) electrons. The van der Waals surface area contributed by atoms with Crippen molar-refractivity contribution in [3.63, 3.8) is 0 Å². The molecule has 5 rings (SSSR count). The van der Waals surface area contributed by atoms with Gasteiger partial charge in [0.2, 0.25) is 5.91 Å². The molecule has 362 valence electrons. The summed E-state index contributed by atoms with van der Waals surface area (Å²) in [4.78, 5) is 55.9. The highest BCUT2D eigenvalue weighted by atomic mass is 79.9. The second-order valence-electron chi connectivity index (χ2n) is 19.9. The Labute approximate surface area is 404 Å². The summed E-state index contributed by atoms with van der Waals surface area (Å²) < 4.78 is 19.9. The zero-order chi connectivity index (χ0) is 47.8. The maximum absolute atomic E-state index is 14.5. The lowest BCUT2D eigenvalue weighted by molar-refractivity contribution is -0.160. The number of aryl methyl sites for hydroxylation is 2. The molecule has 9 nitrogen and oxygen atoms in total. The fourth-order valence-corrected chi connectivity index (χ4v) is 10.8. The number of halogens is 1. The number of nitrogens with zero attached hydrogens (tertiary/aromatic N) is 2. The normalized spacial score (nSPS) is 16.0. The smallest absolute Gasteiger partial charge is 0.311 e. The van der Waals surface area contributed by atoms with Crippen molar-refractivity contribution in [3.05, 3.63) is 81.0 Å². The minimum Gasteiger partial charge on any atom is -0.462 e. The lowest BCUT2D eigenvalue weighted by atomic mass is 9.78. The van der Waals surface area contributed by atoms with Gasteiger partial charge in [0.05, 0.1) is 10.1 Å². The lowest BCUT2D eigenvalue weighted by Gasteiger charge is -2.37. The first kappa shape index (κ1) is 52.9. The number of hydrogen-bond acceptors (Lipinski definition) is 8. The summed E-state index contributed by atoms with van der Waals surface area (Å²) in [6, 6.07) is 10.4. The molecule has 1 aliphatic heterocycles. The van der Waals surface area contributed by atoms with E-state index in [9.17, 15) is 19.2 Å². The average Bonchev–Trinajstić information content (AvgIpc) is 3.54. The van der Waals surface area contributed by atoms with Crippen LogP contribution in [0.3, 0.4) is 0 Å². The van der Waals surface area contributed by atoms with Crippen LogP contribution in [0, 0.1) is 19.8 Å². The molecule has 1 aromatic heterocycles. The van der Waals surface area contributed by atoms with Gasteiger partial charge in [0.25, 0.3) is 0 Å². The molecule has 10 heteroatoms. The second kappa shape index (κ2) is 25.9. The number of unbranched alkanes of at least 4 members (excludes halogenated alkanes) is 11. The highest BCUT2D eigenvalue weighted by Crippen LogP contribution is 2.45. The Morgan fingerprint density at radius 2 is 1.55 bits per heavy atom. The average molecular weight is 972 g/mol. The number of esters is 3. The number of rotatable bonds is 27. The van der Waals surface area contributed by atoms with E-state index in [4.69, 9.17) is 14.2 Å². The summed E-state index contributed by atoms with van der Waals surface area (Å²) in [5, 5.41) is 1.14. The fourth-order valence-electron chi connectivity index (χ4n) is 10.1. The lowest BCUT2D eigenvalue weighted by Crippen LogP contribution is -2.39. The van der Waals surface area contributed by atoms with Gasteiger partial charge in [-0.15, -0.1) is 0 Å². The number of ether oxygens (including phenoxy) is 3. The summed E-state index contributed by atoms with van der Waals surface area (Å²) in [5.74, 6) is -1.15. The van der Waals surface area contributed by atoms with Gasteiger partial charge in [0, 0.05) is 54.6 Å². The molecule has 0 saturated carbocycles. The van der Waals surface area contributed by atoms with Crippen molar-refractivity contribution >= 4 is 56.2 Å². The molecule has 2 heterocycles. The SMILES string of the molecule is CCCCCCCC/C=C\CCCCCCCC(=O)OCC(CC)OC(=O)CC(C)CC(=O)Oc1cc(C)cc(C)c1C(C)(C)CC(=O)n1c(Br)c2c3c(cccc31)C1=CCCN(C)C1C2. The molecule has 3 aromatic rings. The van der Waals surface area contributed by atoms with Crippen LogP contribution in [-0.4, -0.2) is 65.6 Å². The van der Waals surface area contributed by atoms with Crippen LogP contribution in [0.25, 0.3) is 16.5 Å². The number of carbonyl (C=O) groups is 4. The minimum atomic E-state index is -0.701. The predicted octanol–water partition coefficient (Wildman–Crippen LogP) is 13.9. The van der Waals surface area contributed by atoms with E-state index in [2.05, 4.69) is 65.2 Å². The van der Waals surface area contributed by atoms with Crippen molar-refractivity contribution in [2.24, 2.45) is 5.92 Å². The van der Waals surface area contributed by atoms with Gasteiger partial charge in [-0.25, -0.2) is 0 Å². The molecule has 1 aliphatic carbocycles. The van der Waals surface area contributed by atoms with Crippen molar-refractivity contribution in [2.75, 3.05) is 20.2 Å². The summed E-state index contributed by atoms with van der Waals surface area (Å²) in [7, 11) is 2.18. The number of likely N-dealkylation sites (N-methyl/N-ethyl adjacent to an activating group) is 1. The number of aromatic nitrogens is 1. The molecule has 2 aliphatic rings. The molecular weight excluding hydrogens is 893 g/mol. The van der Waals surface area contributed by atoms with Crippen molar-refractivity contribution in [1.82, 2.24) is 9.47 Å². The van der Waals surface area contributed by atoms with Crippen LogP contribution in [0.5, 0.6) is 5.75 Å². The fraction of sp³-hybridized carbons (Fsp3) is 0.607. The van der Waals surface area contributed by atoms with Crippen LogP contribution in [0.4, 0.5) is 0 Å². The molecule has 0 fully saturated rings. The van der Waals surface area contributed by atoms with Gasteiger partial charge < -0.3 is 14.2 Å². The molecular formula is C56H79BrN2O7. The highest BCUT2D eigenvalue weighted by molar-refractivity contribution is 9.10. The third-order valence-electron chi connectivity index (χ3n) is 13.5. The Balaban J connectivity index is 1.06. The summed E-state index contributed by atoms with van der Waals surface area (Å²) in [5.41, 5.74) is 6.58. The van der Waals surface area contributed by atoms with E-state index in [0.29, 0.717) is 18.6 Å². The second-order valence-corrected chi connectivity index (χ2v) is 20.6. The Kier molecular flexibility index (Phi) is 20.8. The van der Waals surface area contributed by atoms with Crippen molar-refractivity contribution in [1.29, 1.82) is 0 Å². The summed E-state index contributed by atoms with van der Waals surface area (Å²) in [6.45, 7) is 15.0. The van der Waals surface area contributed by atoms with Gasteiger partial charge in [-0.05, 0) is 134 Å². The van der Waals surface area contributed by atoms with Crippen LogP contribution in [0.2, 0.25) is 0 Å². The molecule has 3 unspecified atom stereocenters. The largest absolute Gasteiger partial charge is 0.462 e. The quantitative estimate of drug-likeness (QED) is 0.0322. The molecule has 0 N–H and O–H groups in total. The van der Waals surface area contributed by atoms with Crippen LogP contribution in [0.15, 0.2) is 53.2 Å². The monoisotopic (exact) mass is 971 g/mol. The van der Waals surface area contributed by atoms with E-state index in [0.717, 1.165) is 89.3 Å². The van der Waals surface area contributed by atoms with Crippen LogP contribution in [0.1, 0.15) is 189 Å². The van der Waals surface area contributed by atoms with Crippen molar-refractivity contribution < 1.29 is 33.4 Å². The Morgan fingerprint density at radius 1 is 0.879 bits per heavy atom. The van der Waals surface area contributed by atoms with Gasteiger partial charge in [0.15, 0.2) is 0 Å². The van der Waals surface area contributed by atoms with Gasteiger partial charge in [0.1, 0.15) is 18.5 Å². The molecule has 0 saturated heterocycles. The zero-order valence-electron chi connectivity index (χ0n) is 41.5. The van der Waals surface area contributed by atoms with Gasteiger partial charge in [-0.1, -0.05) is 122 Å². The van der Waals surface area contributed by atoms with Gasteiger partial charge in [-0.2, -0.15) is 0 Å². The molecule has 2 aromatic carbocycles. The van der Waals surface area contributed by atoms with E-state index >= 15 is 0 Å². The van der Waals surface area contributed by atoms with Crippen LogP contribution in [-0.2, 0) is 35.7 Å². The van der Waals surface area contributed by atoms with E-state index < -0.39 is 23.5 Å². The predicted molar refractivity (Wildman–Crippen MR) is 271 cm³/mol. The van der Waals surface area contributed by atoms with Gasteiger partial charge >= 0.3 is 17.9 Å². The van der Waals surface area contributed by atoms with E-state index in [1.807, 2.05) is 64.3 Å². The summed E-state index contributed by atoms with van der Waals surface area (Å²) >= 11 is 3.87. The standard InChI is InChI=1S/C56H79BrN2O7/c1-9-11-12-13-14-15-16-17-18-19-20-21-22-23-24-30-50(61)64-38-42(10-2)65-51(62)34-40(4)35-52(63)66-48-33-39(3)32-41(5)54(48)56(6,7)37-49(60)59-46-29-25-27-44-43-28-26-31-58(8)47(43)36-45(53(44)46)55(59)57/h17-18,25,27-29,32-33,40,42,47H,9-16,19-24,26,30-31,34-38H2,1-8H3/b18-17-. The molecule has 0 bridgehead atoms. The Bertz CT molecular complexity index is 2180. The maximum atomic E-state index is 14.5. The first-order valence-electron chi connectivity index (χ1n) is 25.2. The molecule has 0 spiro atoms. The molecule has 66 heavy (non-hydrogen) atoms. The minimum absolute atomic E-state index is 0.00263. The van der Waals surface area contributed by atoms with Crippen LogP contribution >= 0.6 is 15.9 Å². The topological polar surface area (TPSA) is 104 Å². The van der Waals surface area contributed by atoms with Gasteiger partial charge in [-0.3, -0.25) is 28.6 Å². The number of allylic oxidation sites excluding steroid dienone is 2. The third-order valence-corrected chi connectivity index (χ3v) is 14.4. The van der Waals surface area contributed by atoms with E-state index in [1.54, 1.807) is 0 Å². The molecule has 3 atom stereocenters. The first-order valence-corrected chi connectivity index (χ1v) is 26.0. The van der Waals surface area contributed by atoms with Crippen LogP contribution < -0.4 is 4.74 Å². The van der Waals surface area contributed by atoms with E-state index in [1.165, 1.54) is 62.5 Å². The zero-order valence-corrected chi connectivity index (χ0v) is 43.1. The summed E-state index contributed by atoms with van der Waals surface area (Å²) in [6.07, 6.45) is 24.9. The number of carbonyl (C=O) groups excluding carboxylic acids is 4. The number of hydrogen-bond donors (Lipinski definition) is 0. The Hall–Kier alpha value is -4.02. The third kappa shape index (κ3) is 14.7. The van der Waals surface area contributed by atoms with E-state index in [-0.39, 0.29) is 49.7 Å². The number of benzene rings is 2. The number of fused-ring (bicyclic) bond motifs is 2. The molecule has 0 amide bonds. The van der Waals surface area contributed by atoms with Crippen molar-refractivity contribution in [2.45, 2.75) is 194 Å². The Morgan fingerprint density at radius 3 is 2.24 bits per heavy atom. The van der Waals surface area contributed by atoms with Crippen molar-refractivity contribution in [3.8, 4) is 5.75 Å². The first-order chi connectivity index (χ1) is 31.6.